The molecule has 8 nitrogen and oxygen atoms in total. The van der Waals surface area contributed by atoms with Gasteiger partial charge in [0.25, 0.3) is 5.69 Å². The third-order valence-corrected chi connectivity index (χ3v) is 7.11. The predicted octanol–water partition coefficient (Wildman–Crippen LogP) is 2.87. The van der Waals surface area contributed by atoms with Crippen molar-refractivity contribution in [2.75, 3.05) is 13.1 Å². The van der Waals surface area contributed by atoms with E-state index in [2.05, 4.69) is 5.32 Å². The number of sulfonamides is 1. The van der Waals surface area contributed by atoms with Crippen molar-refractivity contribution in [2.45, 2.75) is 30.7 Å². The molecule has 2 aromatic rings. The van der Waals surface area contributed by atoms with Crippen LogP contribution in [0, 0.1) is 16.0 Å². The van der Waals surface area contributed by atoms with E-state index < -0.39 is 20.6 Å². The fraction of sp³-hybridized carbons (Fsp3) is 0.350. The molecular formula is C20H23N3O5S. The average molecular weight is 417 g/mol. The monoisotopic (exact) mass is 417 g/mol. The van der Waals surface area contributed by atoms with Crippen molar-refractivity contribution in [2.24, 2.45) is 5.92 Å². The first-order chi connectivity index (χ1) is 13.8. The second kappa shape index (κ2) is 8.71. The van der Waals surface area contributed by atoms with Gasteiger partial charge in [0, 0.05) is 25.1 Å². The number of benzene rings is 2. The van der Waals surface area contributed by atoms with Gasteiger partial charge in [-0.3, -0.25) is 14.9 Å². The highest BCUT2D eigenvalue weighted by Gasteiger charge is 2.35. The van der Waals surface area contributed by atoms with Gasteiger partial charge in [-0.05, 0) is 31.4 Å². The minimum atomic E-state index is -3.99. The van der Waals surface area contributed by atoms with Crippen LogP contribution in [0.5, 0.6) is 0 Å². The summed E-state index contributed by atoms with van der Waals surface area (Å²) < 4.78 is 27.0. The fourth-order valence-corrected chi connectivity index (χ4v) is 5.11. The third-order valence-electron chi connectivity index (χ3n) is 5.16. The number of nitro groups is 1. The molecule has 0 bridgehead atoms. The minimum absolute atomic E-state index is 0.107. The molecule has 3 rings (SSSR count). The molecule has 1 fully saturated rings. The van der Waals surface area contributed by atoms with Crippen LogP contribution >= 0.6 is 0 Å². The topological polar surface area (TPSA) is 110 Å². The van der Waals surface area contributed by atoms with Crippen LogP contribution in [-0.2, 0) is 14.8 Å². The van der Waals surface area contributed by atoms with Crippen LogP contribution in [0.4, 0.5) is 5.69 Å². The lowest BCUT2D eigenvalue weighted by molar-refractivity contribution is -0.387. The molecular weight excluding hydrogens is 394 g/mol. The van der Waals surface area contributed by atoms with Crippen LogP contribution < -0.4 is 5.32 Å². The van der Waals surface area contributed by atoms with E-state index in [0.717, 1.165) is 5.56 Å². The molecule has 29 heavy (non-hydrogen) atoms. The van der Waals surface area contributed by atoms with Gasteiger partial charge in [0.15, 0.2) is 4.90 Å². The van der Waals surface area contributed by atoms with Crippen LogP contribution in [0.2, 0.25) is 0 Å². The fourth-order valence-electron chi connectivity index (χ4n) is 3.48. The third kappa shape index (κ3) is 4.63. The Labute approximate surface area is 169 Å². The van der Waals surface area contributed by atoms with Crippen LogP contribution in [-0.4, -0.2) is 36.6 Å². The number of rotatable bonds is 6. The molecule has 0 aliphatic carbocycles. The van der Waals surface area contributed by atoms with Crippen LogP contribution in [0.3, 0.4) is 0 Å². The maximum Gasteiger partial charge on any atom is 0.289 e. The van der Waals surface area contributed by atoms with Crippen molar-refractivity contribution in [1.82, 2.24) is 9.62 Å². The van der Waals surface area contributed by atoms with Gasteiger partial charge in [0.05, 0.1) is 11.0 Å². The zero-order valence-electron chi connectivity index (χ0n) is 16.0. The average Bonchev–Trinajstić information content (AvgIpc) is 2.74. The quantitative estimate of drug-likeness (QED) is 0.574. The molecule has 1 heterocycles. The van der Waals surface area contributed by atoms with Crippen molar-refractivity contribution < 1.29 is 18.1 Å². The van der Waals surface area contributed by atoms with E-state index in [9.17, 15) is 23.3 Å². The van der Waals surface area contributed by atoms with Crippen LogP contribution in [0.15, 0.2) is 59.5 Å². The summed E-state index contributed by atoms with van der Waals surface area (Å²) in [6.07, 6.45) is 0.737. The molecule has 1 atom stereocenters. The summed E-state index contributed by atoms with van der Waals surface area (Å²) in [6.45, 7) is 2.19. The number of para-hydroxylation sites is 1. The zero-order chi connectivity index (χ0) is 21.0. The number of hydrogen-bond acceptors (Lipinski definition) is 5. The van der Waals surface area contributed by atoms with Crippen LogP contribution in [0.25, 0.3) is 0 Å². The number of hydrogen-bond donors (Lipinski definition) is 1. The summed E-state index contributed by atoms with van der Waals surface area (Å²) >= 11 is 0. The van der Waals surface area contributed by atoms with E-state index in [0.29, 0.717) is 12.8 Å². The van der Waals surface area contributed by atoms with E-state index in [4.69, 9.17) is 0 Å². The Kier molecular flexibility index (Phi) is 6.29. The van der Waals surface area contributed by atoms with Crippen molar-refractivity contribution in [3.63, 3.8) is 0 Å². The van der Waals surface area contributed by atoms with Gasteiger partial charge >= 0.3 is 0 Å². The molecule has 0 spiro atoms. The minimum Gasteiger partial charge on any atom is -0.349 e. The van der Waals surface area contributed by atoms with E-state index >= 15 is 0 Å². The first-order valence-corrected chi connectivity index (χ1v) is 10.8. The Bertz CT molecular complexity index is 986. The van der Waals surface area contributed by atoms with Crippen molar-refractivity contribution in [3.8, 4) is 0 Å². The van der Waals surface area contributed by atoms with Gasteiger partial charge in [-0.1, -0.05) is 42.5 Å². The highest BCUT2D eigenvalue weighted by Crippen LogP contribution is 2.29. The number of amides is 1. The van der Waals surface area contributed by atoms with Crippen LogP contribution in [0.1, 0.15) is 31.4 Å². The van der Waals surface area contributed by atoms with Gasteiger partial charge in [-0.2, -0.15) is 4.31 Å². The molecule has 9 heteroatoms. The highest BCUT2D eigenvalue weighted by molar-refractivity contribution is 7.89. The van der Waals surface area contributed by atoms with E-state index in [1.807, 2.05) is 37.3 Å². The number of carbonyl (C=O) groups is 1. The highest BCUT2D eigenvalue weighted by atomic mass is 32.2. The Morgan fingerprint density at radius 2 is 1.69 bits per heavy atom. The molecule has 1 aliphatic heterocycles. The molecule has 1 aliphatic rings. The summed E-state index contributed by atoms with van der Waals surface area (Å²) in [5.74, 6) is -0.400. The van der Waals surface area contributed by atoms with Crippen molar-refractivity contribution >= 4 is 21.6 Å². The summed E-state index contributed by atoms with van der Waals surface area (Å²) in [4.78, 5) is 22.8. The Morgan fingerprint density at radius 3 is 2.31 bits per heavy atom. The lowest BCUT2D eigenvalue weighted by Crippen LogP contribution is -2.43. The predicted molar refractivity (Wildman–Crippen MR) is 108 cm³/mol. The maximum absolute atomic E-state index is 12.9. The number of piperidine rings is 1. The molecule has 1 saturated heterocycles. The second-order valence-electron chi connectivity index (χ2n) is 7.04. The summed E-state index contributed by atoms with van der Waals surface area (Å²) in [5.41, 5.74) is 0.557. The second-order valence-corrected chi connectivity index (χ2v) is 8.95. The molecule has 154 valence electrons. The molecule has 0 unspecified atom stereocenters. The standard InChI is InChI=1S/C20H23N3O5S/c1-15(16-7-3-2-4-8-16)21-20(24)17-11-13-22(14-12-17)29(27,28)19-10-6-5-9-18(19)23(25)26/h2-10,15,17H,11-14H2,1H3,(H,21,24)/t15-/m0/s1. The lowest BCUT2D eigenvalue weighted by Gasteiger charge is -2.31. The molecule has 1 N–H and O–H groups in total. The number of nitrogens with zero attached hydrogens (tertiary/aromatic N) is 2. The Balaban J connectivity index is 1.64. The molecule has 2 aromatic carbocycles. The molecule has 1 amide bonds. The van der Waals surface area contributed by atoms with E-state index in [-0.39, 0.29) is 35.9 Å². The van der Waals surface area contributed by atoms with Gasteiger partial charge in [0.1, 0.15) is 0 Å². The first-order valence-electron chi connectivity index (χ1n) is 9.39. The van der Waals surface area contributed by atoms with Gasteiger partial charge in [-0.25, -0.2) is 8.42 Å². The van der Waals surface area contributed by atoms with Gasteiger partial charge in [0.2, 0.25) is 15.9 Å². The molecule has 0 saturated carbocycles. The number of nitro benzene ring substituents is 1. The largest absolute Gasteiger partial charge is 0.349 e. The molecule has 0 radical (unpaired) electrons. The summed E-state index contributed by atoms with van der Waals surface area (Å²) in [6, 6.07) is 14.8. The van der Waals surface area contributed by atoms with Crippen molar-refractivity contribution in [3.05, 3.63) is 70.3 Å². The maximum atomic E-state index is 12.9. The lowest BCUT2D eigenvalue weighted by atomic mass is 9.96. The Hall–Kier alpha value is -2.78. The molecule has 0 aromatic heterocycles. The van der Waals surface area contributed by atoms with Crippen molar-refractivity contribution in [1.29, 1.82) is 0 Å². The smallest absolute Gasteiger partial charge is 0.289 e. The normalized spacial score (nSPS) is 16.9. The van der Waals surface area contributed by atoms with E-state index in [1.54, 1.807) is 0 Å². The first kappa shape index (κ1) is 20.9. The Morgan fingerprint density at radius 1 is 1.10 bits per heavy atom. The summed E-state index contributed by atoms with van der Waals surface area (Å²) in [5, 5.41) is 14.2. The SMILES string of the molecule is C[C@H](NC(=O)C1CCN(S(=O)(=O)c2ccccc2[N+](=O)[O-])CC1)c1ccccc1. The number of nitrogens with one attached hydrogen (secondary N) is 1. The van der Waals surface area contributed by atoms with E-state index in [1.165, 1.54) is 28.6 Å². The number of carbonyl (C=O) groups excluding carboxylic acids is 1. The van der Waals surface area contributed by atoms with Gasteiger partial charge < -0.3 is 5.32 Å². The zero-order valence-corrected chi connectivity index (χ0v) is 16.8. The summed E-state index contributed by atoms with van der Waals surface area (Å²) in [7, 11) is -3.99. The van der Waals surface area contributed by atoms with Gasteiger partial charge in [-0.15, -0.1) is 0 Å².